The van der Waals surface area contributed by atoms with Crippen LogP contribution < -0.4 is 10.9 Å². The molecule has 0 radical (unpaired) electrons. The van der Waals surface area contributed by atoms with E-state index < -0.39 is 0 Å². The second-order valence-electron chi connectivity index (χ2n) is 2.36. The van der Waals surface area contributed by atoms with Gasteiger partial charge in [0.2, 0.25) is 0 Å². The fourth-order valence-electron chi connectivity index (χ4n) is 1.01. The van der Waals surface area contributed by atoms with Crippen LogP contribution in [0.1, 0.15) is 0 Å². The third-order valence-electron chi connectivity index (χ3n) is 1.59. The molecule has 0 saturated carbocycles. The molecule has 1 rings (SSSR count). The predicted molar refractivity (Wildman–Crippen MR) is 42.1 cm³/mol. The predicted octanol–water partition coefficient (Wildman–Crippen LogP) is -0.832. The molecular weight excluding hydrogens is 160 g/mol. The molecule has 5 heteroatoms. The van der Waals surface area contributed by atoms with Crippen LogP contribution in [0.5, 0.6) is 0 Å². The molecule has 0 fully saturated rings. The molecule has 0 aromatic carbocycles. The van der Waals surface area contributed by atoms with Crippen molar-refractivity contribution < 1.29 is 14.3 Å². The van der Waals surface area contributed by atoms with Crippen LogP contribution in [0, 0.1) is 0 Å². The van der Waals surface area contributed by atoms with E-state index in [-0.39, 0.29) is 5.97 Å². The van der Waals surface area contributed by atoms with Crippen molar-refractivity contribution in [1.82, 2.24) is 10.9 Å². The lowest BCUT2D eigenvalue weighted by molar-refractivity contribution is -0.136. The summed E-state index contributed by atoms with van der Waals surface area (Å²) in [5.74, 6) is -0.320. The minimum absolute atomic E-state index is 0.320. The largest absolute Gasteiger partial charge is 0.466 e. The Kier molecular flexibility index (Phi) is 3.07. The Bertz CT molecular complexity index is 213. The monoisotopic (exact) mass is 172 g/mol. The summed E-state index contributed by atoms with van der Waals surface area (Å²) in [6.07, 6.45) is 0. The molecule has 1 aliphatic heterocycles. The molecule has 12 heavy (non-hydrogen) atoms. The van der Waals surface area contributed by atoms with Gasteiger partial charge in [-0.2, -0.15) is 0 Å². The van der Waals surface area contributed by atoms with E-state index in [0.29, 0.717) is 18.7 Å². The highest BCUT2D eigenvalue weighted by molar-refractivity contribution is 5.90. The first-order chi connectivity index (χ1) is 5.79. The number of methoxy groups -OCH3 is 2. The number of ether oxygens (including phenoxy) is 2. The second-order valence-corrected chi connectivity index (χ2v) is 2.36. The van der Waals surface area contributed by atoms with E-state index in [1.54, 1.807) is 7.11 Å². The Morgan fingerprint density at radius 3 is 2.92 bits per heavy atom. The van der Waals surface area contributed by atoms with Crippen molar-refractivity contribution >= 4 is 5.97 Å². The Morgan fingerprint density at radius 1 is 1.58 bits per heavy atom. The highest BCUT2D eigenvalue weighted by Crippen LogP contribution is 2.07. The first-order valence-corrected chi connectivity index (χ1v) is 3.57. The fraction of sp³-hybridized carbons (Fsp3) is 0.571. The van der Waals surface area contributed by atoms with E-state index in [1.807, 2.05) is 0 Å². The maximum Gasteiger partial charge on any atom is 0.337 e. The summed E-state index contributed by atoms with van der Waals surface area (Å²) < 4.78 is 9.46. The molecule has 0 saturated heterocycles. The molecule has 68 valence electrons. The zero-order valence-corrected chi connectivity index (χ0v) is 7.14. The average Bonchev–Trinajstić information content (AvgIpc) is 2.52. The molecule has 2 N–H and O–H groups in total. The molecular formula is C7H12N2O3. The quantitative estimate of drug-likeness (QED) is 0.544. The topological polar surface area (TPSA) is 59.6 Å². The minimum Gasteiger partial charge on any atom is -0.466 e. The first kappa shape index (κ1) is 9.02. The third kappa shape index (κ3) is 1.75. The summed E-state index contributed by atoms with van der Waals surface area (Å²) in [6, 6.07) is 0. The standard InChI is InChI=1S/C7H12N2O3/c1-11-4-6-5(3-8-9-6)7(10)12-2/h8-9H,3-4H2,1-2H3. The molecule has 0 atom stereocenters. The number of carbonyl (C=O) groups excluding carboxylic acids is 1. The van der Waals surface area contributed by atoms with Crippen molar-refractivity contribution in [2.24, 2.45) is 0 Å². The van der Waals surface area contributed by atoms with Crippen LogP contribution in [0.2, 0.25) is 0 Å². The van der Waals surface area contributed by atoms with Gasteiger partial charge in [-0.05, 0) is 0 Å². The number of hydrazine groups is 1. The molecule has 0 bridgehead atoms. The summed E-state index contributed by atoms with van der Waals surface area (Å²) in [5, 5.41) is 0. The van der Waals surface area contributed by atoms with Gasteiger partial charge in [-0.3, -0.25) is 0 Å². The van der Waals surface area contributed by atoms with Crippen molar-refractivity contribution in [3.8, 4) is 0 Å². The van der Waals surface area contributed by atoms with E-state index in [9.17, 15) is 4.79 Å². The van der Waals surface area contributed by atoms with Gasteiger partial charge in [0.05, 0.1) is 25.0 Å². The van der Waals surface area contributed by atoms with Gasteiger partial charge in [0.15, 0.2) is 0 Å². The first-order valence-electron chi connectivity index (χ1n) is 3.57. The molecule has 1 aliphatic rings. The van der Waals surface area contributed by atoms with Gasteiger partial charge in [-0.25, -0.2) is 10.2 Å². The Balaban J connectivity index is 2.69. The van der Waals surface area contributed by atoms with Crippen molar-refractivity contribution in [3.63, 3.8) is 0 Å². The van der Waals surface area contributed by atoms with Gasteiger partial charge >= 0.3 is 5.97 Å². The molecule has 0 aromatic heterocycles. The normalized spacial score (nSPS) is 16.2. The van der Waals surface area contributed by atoms with Gasteiger partial charge in [-0.1, -0.05) is 0 Å². The maximum absolute atomic E-state index is 11.1. The van der Waals surface area contributed by atoms with Crippen LogP contribution in [0.15, 0.2) is 11.3 Å². The second kappa shape index (κ2) is 4.08. The van der Waals surface area contributed by atoms with Crippen LogP contribution in [0.25, 0.3) is 0 Å². The smallest absolute Gasteiger partial charge is 0.337 e. The summed E-state index contributed by atoms with van der Waals surface area (Å²) in [7, 11) is 2.93. The number of hydrogen-bond acceptors (Lipinski definition) is 5. The van der Waals surface area contributed by atoms with Crippen molar-refractivity contribution in [1.29, 1.82) is 0 Å². The summed E-state index contributed by atoms with van der Waals surface area (Å²) in [4.78, 5) is 11.1. The van der Waals surface area contributed by atoms with Crippen LogP contribution in [0.3, 0.4) is 0 Å². The van der Waals surface area contributed by atoms with E-state index in [2.05, 4.69) is 15.6 Å². The third-order valence-corrected chi connectivity index (χ3v) is 1.59. The van der Waals surface area contributed by atoms with Crippen molar-refractivity contribution in [3.05, 3.63) is 11.3 Å². The number of esters is 1. The molecule has 0 amide bonds. The van der Waals surface area contributed by atoms with Crippen molar-refractivity contribution in [2.75, 3.05) is 27.4 Å². The SMILES string of the molecule is COCC1=C(C(=O)OC)CNN1. The van der Waals surface area contributed by atoms with Crippen LogP contribution in [-0.2, 0) is 14.3 Å². The number of carbonyl (C=O) groups is 1. The molecule has 1 heterocycles. The molecule has 0 unspecified atom stereocenters. The lowest BCUT2D eigenvalue weighted by Crippen LogP contribution is -2.25. The molecule has 0 spiro atoms. The van der Waals surface area contributed by atoms with Gasteiger partial charge in [0.1, 0.15) is 0 Å². The lowest BCUT2D eigenvalue weighted by Gasteiger charge is -2.02. The van der Waals surface area contributed by atoms with Gasteiger partial charge < -0.3 is 14.9 Å². The van der Waals surface area contributed by atoms with Crippen LogP contribution in [0.4, 0.5) is 0 Å². The van der Waals surface area contributed by atoms with Gasteiger partial charge in [0, 0.05) is 13.7 Å². The zero-order valence-electron chi connectivity index (χ0n) is 7.14. The van der Waals surface area contributed by atoms with Crippen LogP contribution >= 0.6 is 0 Å². The molecule has 0 aliphatic carbocycles. The molecule has 0 aromatic rings. The van der Waals surface area contributed by atoms with E-state index in [4.69, 9.17) is 4.74 Å². The van der Waals surface area contributed by atoms with Gasteiger partial charge in [-0.15, -0.1) is 0 Å². The number of hydrogen-bond donors (Lipinski definition) is 2. The van der Waals surface area contributed by atoms with Crippen molar-refractivity contribution in [2.45, 2.75) is 0 Å². The number of rotatable bonds is 3. The van der Waals surface area contributed by atoms with Crippen LogP contribution in [-0.4, -0.2) is 33.3 Å². The summed E-state index contributed by atoms with van der Waals surface area (Å²) in [6.45, 7) is 0.864. The Hall–Kier alpha value is -1.07. The zero-order chi connectivity index (χ0) is 8.97. The van der Waals surface area contributed by atoms with Gasteiger partial charge in [0.25, 0.3) is 0 Å². The Labute approximate surface area is 70.7 Å². The fourth-order valence-corrected chi connectivity index (χ4v) is 1.01. The summed E-state index contributed by atoms with van der Waals surface area (Å²) >= 11 is 0. The Morgan fingerprint density at radius 2 is 2.33 bits per heavy atom. The summed E-state index contributed by atoms with van der Waals surface area (Å²) in [5.41, 5.74) is 6.98. The number of nitrogens with one attached hydrogen (secondary N) is 2. The maximum atomic E-state index is 11.1. The van der Waals surface area contributed by atoms with E-state index in [0.717, 1.165) is 5.70 Å². The molecule has 5 nitrogen and oxygen atoms in total. The lowest BCUT2D eigenvalue weighted by atomic mass is 10.2. The van der Waals surface area contributed by atoms with E-state index >= 15 is 0 Å². The van der Waals surface area contributed by atoms with E-state index in [1.165, 1.54) is 7.11 Å². The minimum atomic E-state index is -0.320. The average molecular weight is 172 g/mol. The highest BCUT2D eigenvalue weighted by atomic mass is 16.5. The highest BCUT2D eigenvalue weighted by Gasteiger charge is 2.20.